The zero-order chi connectivity index (χ0) is 25.4. The molecule has 2 saturated heterocycles. The van der Waals surface area contributed by atoms with Gasteiger partial charge in [0.05, 0.1) is 17.0 Å². The van der Waals surface area contributed by atoms with E-state index in [1.807, 2.05) is 42.2 Å². The Morgan fingerprint density at radius 3 is 2.58 bits per heavy atom. The number of pyridine rings is 1. The van der Waals surface area contributed by atoms with E-state index in [1.165, 1.54) is 16.2 Å². The van der Waals surface area contributed by atoms with Crippen LogP contribution in [0.25, 0.3) is 11.7 Å². The zero-order valence-corrected chi connectivity index (χ0v) is 21.3. The Balaban J connectivity index is 1.51. The van der Waals surface area contributed by atoms with Crippen molar-refractivity contribution in [3.63, 3.8) is 0 Å². The third kappa shape index (κ3) is 4.66. The molecule has 4 heterocycles. The third-order valence-corrected chi connectivity index (χ3v) is 7.93. The fourth-order valence-corrected chi connectivity index (χ4v) is 5.71. The molecule has 184 valence electrons. The van der Waals surface area contributed by atoms with Gasteiger partial charge in [0.15, 0.2) is 0 Å². The number of hydrogen-bond acceptors (Lipinski definition) is 7. The minimum atomic E-state index is -0.307. The van der Waals surface area contributed by atoms with Crippen LogP contribution in [0, 0.1) is 12.8 Å². The molecule has 0 saturated carbocycles. The quantitative estimate of drug-likeness (QED) is 0.408. The number of thioether (sulfide) groups is 1. The summed E-state index contributed by atoms with van der Waals surface area (Å²) in [5, 5.41) is 0. The molecule has 2 aliphatic heterocycles. The van der Waals surface area contributed by atoms with E-state index in [0.29, 0.717) is 58.7 Å². The van der Waals surface area contributed by atoms with Crippen LogP contribution in [0.15, 0.2) is 58.4 Å². The first-order chi connectivity index (χ1) is 17.3. The SMILES string of the molecule is Cc1ccc(CN2C(=O)/C(=C/c3c(N4CCC(C(N)=O)CC4)nc4ccccn4c3=O)SC2=S)cc1. The molecule has 5 rings (SSSR count). The standard InChI is InChI=1S/C26H25N5O3S2/c1-16-5-7-17(8-6-16)15-31-25(34)20(36-26(31)35)14-19-23(29-12-9-18(10-13-29)22(27)32)28-21-4-2-3-11-30(21)24(19)33/h2-8,11,14,18H,9-10,12-13,15H2,1H3,(H2,27,32)/b20-14-. The summed E-state index contributed by atoms with van der Waals surface area (Å²) < 4.78 is 1.92. The van der Waals surface area contributed by atoms with Crippen molar-refractivity contribution in [3.05, 3.63) is 80.6 Å². The second kappa shape index (κ2) is 9.87. The van der Waals surface area contributed by atoms with Gasteiger partial charge >= 0.3 is 0 Å². The van der Waals surface area contributed by atoms with Crippen molar-refractivity contribution >= 4 is 57.7 Å². The normalized spacial score (nSPS) is 18.0. The zero-order valence-electron chi connectivity index (χ0n) is 19.7. The first-order valence-electron chi connectivity index (χ1n) is 11.7. The molecule has 2 fully saturated rings. The van der Waals surface area contributed by atoms with Crippen molar-refractivity contribution in [1.82, 2.24) is 14.3 Å². The first kappa shape index (κ1) is 24.2. The summed E-state index contributed by atoms with van der Waals surface area (Å²) in [6.45, 7) is 3.46. The van der Waals surface area contributed by atoms with Gasteiger partial charge in [0.1, 0.15) is 15.8 Å². The Kier molecular flexibility index (Phi) is 6.63. The maximum Gasteiger partial charge on any atom is 0.267 e. The topological polar surface area (TPSA) is 101 Å². The summed E-state index contributed by atoms with van der Waals surface area (Å²) in [6.07, 6.45) is 4.44. The van der Waals surface area contributed by atoms with Gasteiger partial charge in [-0.25, -0.2) is 4.98 Å². The molecule has 8 nitrogen and oxygen atoms in total. The highest BCUT2D eigenvalue weighted by molar-refractivity contribution is 8.26. The summed E-state index contributed by atoms with van der Waals surface area (Å²) in [5.41, 5.74) is 8.19. The maximum absolute atomic E-state index is 13.6. The number of nitrogens with two attached hydrogens (primary N) is 1. The molecule has 0 aliphatic carbocycles. The van der Waals surface area contributed by atoms with E-state index >= 15 is 0 Å². The number of hydrogen-bond donors (Lipinski definition) is 1. The van der Waals surface area contributed by atoms with Gasteiger partial charge < -0.3 is 10.6 Å². The lowest BCUT2D eigenvalue weighted by Crippen LogP contribution is -2.40. The van der Waals surface area contributed by atoms with Crippen LogP contribution < -0.4 is 16.2 Å². The number of carbonyl (C=O) groups excluding carboxylic acids is 2. The first-order valence-corrected chi connectivity index (χ1v) is 12.9. The molecule has 36 heavy (non-hydrogen) atoms. The van der Waals surface area contributed by atoms with E-state index in [4.69, 9.17) is 22.9 Å². The average Bonchev–Trinajstić information content (AvgIpc) is 3.14. The van der Waals surface area contributed by atoms with E-state index in [0.717, 1.165) is 11.1 Å². The summed E-state index contributed by atoms with van der Waals surface area (Å²) in [7, 11) is 0. The van der Waals surface area contributed by atoms with Crippen LogP contribution in [0.5, 0.6) is 0 Å². The van der Waals surface area contributed by atoms with Crippen molar-refractivity contribution in [2.75, 3.05) is 18.0 Å². The number of rotatable bonds is 5. The number of benzene rings is 1. The van der Waals surface area contributed by atoms with Gasteiger partial charge in [0.2, 0.25) is 5.91 Å². The lowest BCUT2D eigenvalue weighted by molar-refractivity contribution is -0.123. The fourth-order valence-electron chi connectivity index (χ4n) is 4.48. The Bertz CT molecular complexity index is 1460. The third-order valence-electron chi connectivity index (χ3n) is 6.56. The number of primary amides is 1. The minimum absolute atomic E-state index is 0.190. The molecule has 0 radical (unpaired) electrons. The monoisotopic (exact) mass is 519 g/mol. The highest BCUT2D eigenvalue weighted by Gasteiger charge is 2.33. The Morgan fingerprint density at radius 2 is 1.89 bits per heavy atom. The maximum atomic E-state index is 13.6. The van der Waals surface area contributed by atoms with Crippen molar-refractivity contribution in [2.45, 2.75) is 26.3 Å². The Hall–Kier alpha value is -3.50. The van der Waals surface area contributed by atoms with E-state index < -0.39 is 0 Å². The van der Waals surface area contributed by atoms with Crippen LogP contribution in [-0.2, 0) is 16.1 Å². The molecule has 2 N–H and O–H groups in total. The number of carbonyl (C=O) groups is 2. The molecule has 0 spiro atoms. The van der Waals surface area contributed by atoms with Crippen LogP contribution in [-0.4, -0.2) is 43.5 Å². The molecule has 2 aromatic heterocycles. The molecular weight excluding hydrogens is 494 g/mol. The lowest BCUT2D eigenvalue weighted by Gasteiger charge is -2.32. The highest BCUT2D eigenvalue weighted by Crippen LogP contribution is 2.35. The predicted octanol–water partition coefficient (Wildman–Crippen LogP) is 3.11. The summed E-state index contributed by atoms with van der Waals surface area (Å²) >= 11 is 6.70. The Labute approximate surface area is 217 Å². The van der Waals surface area contributed by atoms with Gasteiger partial charge in [-0.3, -0.25) is 23.7 Å². The molecule has 3 aromatic rings. The van der Waals surface area contributed by atoms with Crippen molar-refractivity contribution < 1.29 is 9.59 Å². The van der Waals surface area contributed by atoms with Gasteiger partial charge in [0.25, 0.3) is 11.5 Å². The lowest BCUT2D eigenvalue weighted by atomic mass is 9.96. The number of piperidine rings is 1. The van der Waals surface area contributed by atoms with E-state index in [9.17, 15) is 14.4 Å². The van der Waals surface area contributed by atoms with Crippen LogP contribution in [0.3, 0.4) is 0 Å². The number of thiocarbonyl (C=S) groups is 1. The second-order valence-electron chi connectivity index (χ2n) is 9.00. The van der Waals surface area contributed by atoms with Crippen LogP contribution >= 0.6 is 24.0 Å². The number of fused-ring (bicyclic) bond motifs is 1. The molecule has 0 bridgehead atoms. The van der Waals surface area contributed by atoms with Crippen LogP contribution in [0.2, 0.25) is 0 Å². The Morgan fingerprint density at radius 1 is 1.17 bits per heavy atom. The summed E-state index contributed by atoms with van der Waals surface area (Å²) in [4.78, 5) is 47.2. The van der Waals surface area contributed by atoms with E-state index in [-0.39, 0.29) is 23.3 Å². The summed E-state index contributed by atoms with van der Waals surface area (Å²) in [5.74, 6) is -0.234. The molecule has 0 unspecified atom stereocenters. The van der Waals surface area contributed by atoms with Crippen molar-refractivity contribution in [2.24, 2.45) is 11.7 Å². The smallest absolute Gasteiger partial charge is 0.267 e. The second-order valence-corrected chi connectivity index (χ2v) is 10.7. The number of nitrogens with zero attached hydrogens (tertiary/aromatic N) is 4. The van der Waals surface area contributed by atoms with Gasteiger partial charge in [-0.2, -0.15) is 0 Å². The van der Waals surface area contributed by atoms with Crippen molar-refractivity contribution in [3.8, 4) is 0 Å². The van der Waals surface area contributed by atoms with E-state index in [2.05, 4.69) is 0 Å². The van der Waals surface area contributed by atoms with Gasteiger partial charge in [0, 0.05) is 25.2 Å². The van der Waals surface area contributed by atoms with E-state index in [1.54, 1.807) is 29.3 Å². The van der Waals surface area contributed by atoms with Crippen LogP contribution in [0.1, 0.15) is 29.5 Å². The molecule has 1 aromatic carbocycles. The van der Waals surface area contributed by atoms with Gasteiger partial charge in [-0.1, -0.05) is 59.9 Å². The highest BCUT2D eigenvalue weighted by atomic mass is 32.2. The predicted molar refractivity (Wildman–Crippen MR) is 145 cm³/mol. The number of aromatic nitrogens is 2. The summed E-state index contributed by atoms with van der Waals surface area (Å²) in [6, 6.07) is 13.3. The number of amides is 2. The molecule has 10 heteroatoms. The molecule has 2 aliphatic rings. The van der Waals surface area contributed by atoms with Gasteiger partial charge in [-0.15, -0.1) is 0 Å². The average molecular weight is 520 g/mol. The molecule has 2 amide bonds. The van der Waals surface area contributed by atoms with Crippen molar-refractivity contribution in [1.29, 1.82) is 0 Å². The van der Waals surface area contributed by atoms with Crippen LogP contribution in [0.4, 0.5) is 5.82 Å². The molecule has 0 atom stereocenters. The molecular formula is C26H25N5O3S2. The number of anilines is 1. The van der Waals surface area contributed by atoms with Gasteiger partial charge in [-0.05, 0) is 43.5 Å². The largest absolute Gasteiger partial charge is 0.369 e. The number of aryl methyl sites for hydroxylation is 1. The minimum Gasteiger partial charge on any atom is -0.369 e. The fraction of sp³-hybridized carbons (Fsp3) is 0.269.